The molecule has 0 atom stereocenters. The first-order valence-corrected chi connectivity index (χ1v) is 14.0. The summed E-state index contributed by atoms with van der Waals surface area (Å²) in [6.45, 7) is 5.34. The zero-order chi connectivity index (χ0) is 23.1. The number of benzene rings is 2. The molecule has 178 valence electrons. The van der Waals surface area contributed by atoms with Crippen molar-refractivity contribution in [3.63, 3.8) is 0 Å². The highest BCUT2D eigenvalue weighted by Crippen LogP contribution is 2.36. The molecule has 0 aliphatic carbocycles. The first-order valence-electron chi connectivity index (χ1n) is 13.1. The second-order valence-corrected chi connectivity index (χ2v) is 9.88. The van der Waals surface area contributed by atoms with E-state index in [1.807, 2.05) is 6.20 Å². The molecule has 0 spiro atoms. The number of hydrogen-bond donors (Lipinski definition) is 0. The average molecular weight is 464 g/mol. The predicted octanol–water partition coefficient (Wildman–Crippen LogP) is 9.73. The molecule has 3 rings (SSSR count). The molecule has 1 heterocycles. The molecule has 0 bridgehead atoms. The summed E-state index contributed by atoms with van der Waals surface area (Å²) in [4.78, 5) is 4.54. The van der Waals surface area contributed by atoms with Gasteiger partial charge in [0.05, 0.1) is 6.61 Å². The number of rotatable bonds is 16. The van der Waals surface area contributed by atoms with Gasteiger partial charge >= 0.3 is 0 Å². The number of unbranched alkanes of at least 4 members (excludes halogenated alkanes) is 9. The fourth-order valence-electron chi connectivity index (χ4n) is 4.36. The molecule has 3 heteroatoms. The van der Waals surface area contributed by atoms with E-state index >= 15 is 0 Å². The third-order valence-corrected chi connectivity index (χ3v) is 7.09. The summed E-state index contributed by atoms with van der Waals surface area (Å²) in [7, 11) is 0. The molecule has 0 aliphatic rings. The van der Waals surface area contributed by atoms with E-state index < -0.39 is 0 Å². The molecule has 33 heavy (non-hydrogen) atoms. The minimum atomic E-state index is 0.798. The third kappa shape index (κ3) is 8.30. The van der Waals surface area contributed by atoms with Crippen LogP contribution in [0.25, 0.3) is 21.7 Å². The standard InChI is InChI=1S/C30H41NOS/c1-3-5-7-9-11-15-22-32-29-18-14-13-17-28(29)27-20-19-26(30-31-21-23-33-30)24-25(27)16-12-10-8-6-4-2/h13-14,17-21,23-24H,3-12,15-16,22H2,1-2H3. The minimum absolute atomic E-state index is 0.798. The van der Waals surface area contributed by atoms with Gasteiger partial charge in [-0.05, 0) is 42.5 Å². The first kappa shape index (κ1) is 25.5. The Morgan fingerprint density at radius 2 is 1.48 bits per heavy atom. The van der Waals surface area contributed by atoms with Crippen LogP contribution in [0.1, 0.15) is 90.0 Å². The molecule has 1 aromatic heterocycles. The molecular weight excluding hydrogens is 422 g/mol. The maximum atomic E-state index is 6.30. The normalized spacial score (nSPS) is 11.1. The molecule has 0 radical (unpaired) electrons. The van der Waals surface area contributed by atoms with E-state index in [4.69, 9.17) is 4.74 Å². The van der Waals surface area contributed by atoms with Crippen molar-refractivity contribution in [2.75, 3.05) is 6.61 Å². The Kier molecular flexibility index (Phi) is 11.5. The summed E-state index contributed by atoms with van der Waals surface area (Å²) < 4.78 is 6.30. The molecule has 0 fully saturated rings. The van der Waals surface area contributed by atoms with Gasteiger partial charge in [-0.15, -0.1) is 11.3 Å². The highest BCUT2D eigenvalue weighted by molar-refractivity contribution is 7.13. The Morgan fingerprint density at radius 1 is 0.758 bits per heavy atom. The van der Waals surface area contributed by atoms with E-state index in [-0.39, 0.29) is 0 Å². The van der Waals surface area contributed by atoms with Gasteiger partial charge in [0.25, 0.3) is 0 Å². The van der Waals surface area contributed by atoms with Crippen molar-refractivity contribution in [2.45, 2.75) is 90.9 Å². The van der Waals surface area contributed by atoms with Crippen molar-refractivity contribution in [2.24, 2.45) is 0 Å². The van der Waals surface area contributed by atoms with Crippen LogP contribution < -0.4 is 4.74 Å². The van der Waals surface area contributed by atoms with Gasteiger partial charge in [-0.25, -0.2) is 4.98 Å². The molecule has 0 saturated heterocycles. The highest BCUT2D eigenvalue weighted by Gasteiger charge is 2.13. The van der Waals surface area contributed by atoms with Gasteiger partial charge in [0, 0.05) is 22.7 Å². The smallest absolute Gasteiger partial charge is 0.127 e. The van der Waals surface area contributed by atoms with Crippen molar-refractivity contribution >= 4 is 11.3 Å². The van der Waals surface area contributed by atoms with Crippen LogP contribution in [-0.4, -0.2) is 11.6 Å². The molecule has 0 amide bonds. The Hall–Kier alpha value is -2.13. The Bertz CT molecular complexity index is 919. The number of aromatic nitrogens is 1. The summed E-state index contributed by atoms with van der Waals surface area (Å²) in [5.41, 5.74) is 5.17. The molecule has 0 N–H and O–H groups in total. The average Bonchev–Trinajstić information content (AvgIpc) is 3.39. The van der Waals surface area contributed by atoms with E-state index in [0.717, 1.165) is 30.2 Å². The van der Waals surface area contributed by atoms with Crippen molar-refractivity contribution < 1.29 is 4.74 Å². The third-order valence-electron chi connectivity index (χ3n) is 6.27. The van der Waals surface area contributed by atoms with Gasteiger partial charge in [-0.1, -0.05) is 102 Å². The Morgan fingerprint density at radius 3 is 2.24 bits per heavy atom. The molecule has 2 aromatic carbocycles. The van der Waals surface area contributed by atoms with Crippen LogP contribution in [0, 0.1) is 0 Å². The lowest BCUT2D eigenvalue weighted by Gasteiger charge is -2.16. The summed E-state index contributed by atoms with van der Waals surface area (Å²) in [5, 5.41) is 3.15. The maximum Gasteiger partial charge on any atom is 0.127 e. The van der Waals surface area contributed by atoms with Crippen LogP contribution in [0.3, 0.4) is 0 Å². The minimum Gasteiger partial charge on any atom is -0.493 e. The van der Waals surface area contributed by atoms with Crippen LogP contribution in [-0.2, 0) is 6.42 Å². The number of para-hydroxylation sites is 1. The van der Waals surface area contributed by atoms with Crippen molar-refractivity contribution in [3.8, 4) is 27.4 Å². The van der Waals surface area contributed by atoms with Crippen LogP contribution in [0.15, 0.2) is 54.0 Å². The fourth-order valence-corrected chi connectivity index (χ4v) is 5.00. The highest BCUT2D eigenvalue weighted by atomic mass is 32.1. The summed E-state index contributed by atoms with van der Waals surface area (Å²) in [6.07, 6.45) is 17.2. The summed E-state index contributed by atoms with van der Waals surface area (Å²) in [6, 6.07) is 15.4. The molecule has 3 aromatic rings. The van der Waals surface area contributed by atoms with Crippen LogP contribution in [0.4, 0.5) is 0 Å². The second kappa shape index (κ2) is 14.9. The monoisotopic (exact) mass is 463 g/mol. The summed E-state index contributed by atoms with van der Waals surface area (Å²) in [5.74, 6) is 1.01. The van der Waals surface area contributed by atoms with Gasteiger partial charge in [0.1, 0.15) is 10.8 Å². The van der Waals surface area contributed by atoms with E-state index in [1.54, 1.807) is 11.3 Å². The van der Waals surface area contributed by atoms with Gasteiger partial charge < -0.3 is 4.74 Å². The largest absolute Gasteiger partial charge is 0.493 e. The predicted molar refractivity (Wildman–Crippen MR) is 144 cm³/mol. The lowest BCUT2D eigenvalue weighted by atomic mass is 9.93. The van der Waals surface area contributed by atoms with Crippen molar-refractivity contribution in [1.82, 2.24) is 4.98 Å². The topological polar surface area (TPSA) is 22.1 Å². The number of aryl methyl sites for hydroxylation is 1. The van der Waals surface area contributed by atoms with Crippen molar-refractivity contribution in [3.05, 3.63) is 59.6 Å². The second-order valence-electron chi connectivity index (χ2n) is 8.99. The molecule has 0 aliphatic heterocycles. The van der Waals surface area contributed by atoms with Gasteiger partial charge in [0.2, 0.25) is 0 Å². The molecule has 2 nitrogen and oxygen atoms in total. The van der Waals surface area contributed by atoms with Gasteiger partial charge in [-0.3, -0.25) is 0 Å². The molecule has 0 saturated carbocycles. The van der Waals surface area contributed by atoms with Gasteiger partial charge in [-0.2, -0.15) is 0 Å². The quantitative estimate of drug-likeness (QED) is 0.197. The number of thiazole rings is 1. The maximum absolute atomic E-state index is 6.30. The zero-order valence-corrected chi connectivity index (χ0v) is 21.5. The zero-order valence-electron chi connectivity index (χ0n) is 20.7. The molecule has 0 unspecified atom stereocenters. The number of ether oxygens (including phenoxy) is 1. The Balaban J connectivity index is 1.73. The SMILES string of the molecule is CCCCCCCCOc1ccccc1-c1ccc(-c2nccs2)cc1CCCCCCC. The van der Waals surface area contributed by atoms with Crippen LogP contribution >= 0.6 is 11.3 Å². The number of hydrogen-bond acceptors (Lipinski definition) is 3. The lowest BCUT2D eigenvalue weighted by Crippen LogP contribution is -2.00. The van der Waals surface area contributed by atoms with Crippen molar-refractivity contribution in [1.29, 1.82) is 0 Å². The summed E-state index contributed by atoms with van der Waals surface area (Å²) >= 11 is 1.71. The molecular formula is C30H41NOS. The fraction of sp³-hybridized carbons (Fsp3) is 0.500. The van der Waals surface area contributed by atoms with Crippen LogP contribution in [0.2, 0.25) is 0 Å². The Labute approximate surface area is 205 Å². The van der Waals surface area contributed by atoms with Gasteiger partial charge in [0.15, 0.2) is 0 Å². The van der Waals surface area contributed by atoms with E-state index in [0.29, 0.717) is 0 Å². The van der Waals surface area contributed by atoms with E-state index in [2.05, 4.69) is 66.7 Å². The number of nitrogens with zero attached hydrogens (tertiary/aromatic N) is 1. The first-order chi connectivity index (χ1) is 16.3. The lowest BCUT2D eigenvalue weighted by molar-refractivity contribution is 0.305. The van der Waals surface area contributed by atoms with E-state index in [1.165, 1.54) is 86.5 Å². The van der Waals surface area contributed by atoms with E-state index in [9.17, 15) is 0 Å². The van der Waals surface area contributed by atoms with Crippen LogP contribution in [0.5, 0.6) is 5.75 Å².